The van der Waals surface area contributed by atoms with E-state index in [1.165, 1.54) is 13.3 Å². The number of piperidine rings is 1. The van der Waals surface area contributed by atoms with Crippen LogP contribution in [0.2, 0.25) is 0 Å². The Morgan fingerprint density at radius 1 is 1.41 bits per heavy atom. The minimum atomic E-state index is -4.56. The molecule has 9 heteroatoms. The van der Waals surface area contributed by atoms with Crippen molar-refractivity contribution in [2.24, 2.45) is 0 Å². The molecule has 0 radical (unpaired) electrons. The lowest BCUT2D eigenvalue weighted by molar-refractivity contribution is -0.137. The Morgan fingerprint density at radius 3 is 2.81 bits per heavy atom. The van der Waals surface area contributed by atoms with E-state index >= 15 is 0 Å². The minimum Gasteiger partial charge on any atom is -0.392 e. The van der Waals surface area contributed by atoms with Gasteiger partial charge in [0.1, 0.15) is 0 Å². The standard InChI is InChI=1S/C18H22F3N3O3/c1-10-5-11(18(19,20)21)6-13-16(10)23-9-24(17(13)27)8-12(25)7-14-15(26)3-2-4-22-14/h5-6,9,12,14-15,22,25-26H,2-4,7-8H2,1H3/t12?,14-,15+/m1/s1. The number of hydrogen-bond acceptors (Lipinski definition) is 5. The Bertz CT molecular complexity index is 882. The second-order valence-corrected chi connectivity index (χ2v) is 7.05. The van der Waals surface area contributed by atoms with Crippen LogP contribution in [0.25, 0.3) is 10.9 Å². The third-order valence-electron chi connectivity index (χ3n) is 4.93. The number of aromatic nitrogens is 2. The van der Waals surface area contributed by atoms with E-state index in [1.54, 1.807) is 0 Å². The van der Waals surface area contributed by atoms with E-state index in [2.05, 4.69) is 10.3 Å². The third-order valence-corrected chi connectivity index (χ3v) is 4.93. The SMILES string of the molecule is Cc1cc(C(F)(F)F)cc2c(=O)n(CC(O)C[C@H]3NCCC[C@@H]3O)cnc12. The summed E-state index contributed by atoms with van der Waals surface area (Å²) >= 11 is 0. The number of aliphatic hydroxyl groups excluding tert-OH is 2. The fraction of sp³-hybridized carbons (Fsp3) is 0.556. The van der Waals surface area contributed by atoms with E-state index in [1.807, 2.05) is 0 Å². The smallest absolute Gasteiger partial charge is 0.392 e. The lowest BCUT2D eigenvalue weighted by atomic mass is 9.96. The first-order valence-corrected chi connectivity index (χ1v) is 8.83. The number of halogens is 3. The number of fused-ring (bicyclic) bond motifs is 1. The summed E-state index contributed by atoms with van der Waals surface area (Å²) in [6.45, 7) is 2.10. The summed E-state index contributed by atoms with van der Waals surface area (Å²) in [6.07, 6.45) is -3.12. The van der Waals surface area contributed by atoms with Crippen LogP contribution in [-0.2, 0) is 12.7 Å². The van der Waals surface area contributed by atoms with Crippen molar-refractivity contribution >= 4 is 10.9 Å². The Labute approximate surface area is 153 Å². The zero-order valence-electron chi connectivity index (χ0n) is 14.8. The number of nitrogens with one attached hydrogen (secondary N) is 1. The molecular formula is C18H22F3N3O3. The second-order valence-electron chi connectivity index (χ2n) is 7.05. The molecule has 1 aromatic heterocycles. The molecule has 0 saturated carbocycles. The van der Waals surface area contributed by atoms with Crippen LogP contribution in [0.3, 0.4) is 0 Å². The molecule has 1 aliphatic rings. The normalized spacial score (nSPS) is 22.1. The van der Waals surface area contributed by atoms with Crippen LogP contribution in [0.1, 0.15) is 30.4 Å². The van der Waals surface area contributed by atoms with Gasteiger partial charge in [0.2, 0.25) is 0 Å². The molecule has 3 atom stereocenters. The molecule has 1 aliphatic heterocycles. The van der Waals surface area contributed by atoms with E-state index < -0.39 is 29.5 Å². The predicted octanol–water partition coefficient (Wildman–Crippen LogP) is 1.59. The highest BCUT2D eigenvalue weighted by molar-refractivity contribution is 5.81. The highest BCUT2D eigenvalue weighted by atomic mass is 19.4. The molecule has 3 rings (SSSR count). The molecule has 1 unspecified atom stereocenters. The molecule has 0 amide bonds. The van der Waals surface area contributed by atoms with Gasteiger partial charge < -0.3 is 15.5 Å². The minimum absolute atomic E-state index is 0.109. The van der Waals surface area contributed by atoms with Crippen molar-refractivity contribution in [1.29, 1.82) is 0 Å². The maximum atomic E-state index is 13.0. The van der Waals surface area contributed by atoms with Gasteiger partial charge in [-0.2, -0.15) is 13.2 Å². The summed E-state index contributed by atoms with van der Waals surface area (Å²) in [5, 5.41) is 23.2. The van der Waals surface area contributed by atoms with E-state index in [0.717, 1.165) is 29.7 Å². The summed E-state index contributed by atoms with van der Waals surface area (Å²) < 4.78 is 40.2. The third kappa shape index (κ3) is 4.31. The summed E-state index contributed by atoms with van der Waals surface area (Å²) in [7, 11) is 0. The van der Waals surface area contributed by atoms with Crippen molar-refractivity contribution in [2.75, 3.05) is 6.54 Å². The van der Waals surface area contributed by atoms with Gasteiger partial charge in [0.25, 0.3) is 5.56 Å². The van der Waals surface area contributed by atoms with Gasteiger partial charge in [-0.3, -0.25) is 9.36 Å². The topological polar surface area (TPSA) is 87.4 Å². The first-order chi connectivity index (χ1) is 12.7. The maximum Gasteiger partial charge on any atom is 0.416 e. The summed E-state index contributed by atoms with van der Waals surface area (Å²) in [5.41, 5.74) is -1.06. The quantitative estimate of drug-likeness (QED) is 0.744. The van der Waals surface area contributed by atoms with Gasteiger partial charge in [0.05, 0.1) is 41.5 Å². The number of benzene rings is 1. The lowest BCUT2D eigenvalue weighted by Crippen LogP contribution is -2.47. The van der Waals surface area contributed by atoms with E-state index in [0.29, 0.717) is 6.42 Å². The first kappa shape index (κ1) is 19.8. The number of nitrogens with zero attached hydrogens (tertiary/aromatic N) is 2. The Morgan fingerprint density at radius 2 is 2.15 bits per heavy atom. The van der Waals surface area contributed by atoms with Crippen LogP contribution in [0, 0.1) is 6.92 Å². The number of rotatable bonds is 4. The zero-order chi connectivity index (χ0) is 19.8. The van der Waals surface area contributed by atoms with E-state index in [9.17, 15) is 28.2 Å². The monoisotopic (exact) mass is 385 g/mol. The van der Waals surface area contributed by atoms with Gasteiger partial charge in [-0.05, 0) is 50.4 Å². The summed E-state index contributed by atoms with van der Waals surface area (Å²) in [5.74, 6) is 0. The van der Waals surface area contributed by atoms with Gasteiger partial charge in [-0.25, -0.2) is 4.98 Å². The number of hydrogen-bond donors (Lipinski definition) is 3. The largest absolute Gasteiger partial charge is 0.416 e. The Kier molecular flexibility index (Phi) is 5.55. The van der Waals surface area contributed by atoms with E-state index in [-0.39, 0.29) is 35.5 Å². The maximum absolute atomic E-state index is 13.0. The van der Waals surface area contributed by atoms with Crippen molar-refractivity contribution in [2.45, 2.75) is 57.2 Å². The van der Waals surface area contributed by atoms with Crippen LogP contribution in [-0.4, -0.2) is 44.6 Å². The number of aliphatic hydroxyl groups is 2. The fourth-order valence-electron chi connectivity index (χ4n) is 3.51. The molecular weight excluding hydrogens is 363 g/mol. The molecule has 1 fully saturated rings. The van der Waals surface area contributed by atoms with Gasteiger partial charge >= 0.3 is 6.18 Å². The number of alkyl halides is 3. The highest BCUT2D eigenvalue weighted by Gasteiger charge is 2.31. The molecule has 3 N–H and O–H groups in total. The van der Waals surface area contributed by atoms with Crippen LogP contribution in [0.4, 0.5) is 13.2 Å². The van der Waals surface area contributed by atoms with Gasteiger partial charge in [0.15, 0.2) is 0 Å². The molecule has 0 aliphatic carbocycles. The van der Waals surface area contributed by atoms with Gasteiger partial charge in [-0.15, -0.1) is 0 Å². The van der Waals surface area contributed by atoms with Crippen LogP contribution in [0.15, 0.2) is 23.3 Å². The Hall–Kier alpha value is -1.97. The molecule has 27 heavy (non-hydrogen) atoms. The lowest BCUT2D eigenvalue weighted by Gasteiger charge is -2.30. The van der Waals surface area contributed by atoms with E-state index in [4.69, 9.17) is 0 Å². The summed E-state index contributed by atoms with van der Waals surface area (Å²) in [6, 6.07) is 1.48. The molecule has 0 spiro atoms. The molecule has 0 bridgehead atoms. The van der Waals surface area contributed by atoms with Crippen molar-refractivity contribution in [1.82, 2.24) is 14.9 Å². The molecule has 1 aromatic carbocycles. The van der Waals surface area contributed by atoms with Crippen molar-refractivity contribution in [3.8, 4) is 0 Å². The molecule has 2 heterocycles. The van der Waals surface area contributed by atoms with Crippen LogP contribution in [0.5, 0.6) is 0 Å². The Balaban J connectivity index is 1.86. The molecule has 2 aromatic rings. The van der Waals surface area contributed by atoms with Crippen molar-refractivity contribution in [3.63, 3.8) is 0 Å². The molecule has 6 nitrogen and oxygen atoms in total. The molecule has 1 saturated heterocycles. The van der Waals surface area contributed by atoms with Crippen molar-refractivity contribution in [3.05, 3.63) is 39.9 Å². The predicted molar refractivity (Wildman–Crippen MR) is 93.4 cm³/mol. The number of aryl methyl sites for hydroxylation is 1. The van der Waals surface area contributed by atoms with Gasteiger partial charge in [0, 0.05) is 6.04 Å². The fourth-order valence-corrected chi connectivity index (χ4v) is 3.51. The van der Waals surface area contributed by atoms with Crippen LogP contribution < -0.4 is 10.9 Å². The van der Waals surface area contributed by atoms with Gasteiger partial charge in [-0.1, -0.05) is 0 Å². The highest BCUT2D eigenvalue weighted by Crippen LogP contribution is 2.31. The van der Waals surface area contributed by atoms with Crippen molar-refractivity contribution < 1.29 is 23.4 Å². The van der Waals surface area contributed by atoms with Crippen LogP contribution >= 0.6 is 0 Å². The first-order valence-electron chi connectivity index (χ1n) is 8.83. The zero-order valence-corrected chi connectivity index (χ0v) is 14.8. The summed E-state index contributed by atoms with van der Waals surface area (Å²) in [4.78, 5) is 16.7. The second kappa shape index (κ2) is 7.57. The average Bonchev–Trinajstić information content (AvgIpc) is 2.59. The average molecular weight is 385 g/mol. The molecule has 148 valence electrons.